The Morgan fingerprint density at radius 1 is 1.15 bits per heavy atom. The molecule has 3 N–H and O–H groups in total. The maximum Gasteiger partial charge on any atom is 0.315 e. The van der Waals surface area contributed by atoms with E-state index >= 15 is 0 Å². The molecule has 0 fully saturated rings. The second-order valence-corrected chi connectivity index (χ2v) is 6.57. The first kappa shape index (κ1) is 19.2. The minimum absolute atomic E-state index is 0.00592. The molecule has 0 saturated carbocycles. The Morgan fingerprint density at radius 3 is 2.67 bits per heavy atom. The molecule has 1 aromatic heterocycles. The maximum absolute atomic E-state index is 11.9. The van der Waals surface area contributed by atoms with Gasteiger partial charge in [-0.05, 0) is 12.1 Å². The fourth-order valence-corrected chi connectivity index (χ4v) is 2.95. The Balaban J connectivity index is 1.48. The molecule has 0 radical (unpaired) electrons. The normalized spacial score (nSPS) is 11.8. The highest BCUT2D eigenvalue weighted by molar-refractivity contribution is 6.35. The predicted octanol–water partition coefficient (Wildman–Crippen LogP) is 4.18. The molecule has 0 aliphatic carbocycles. The fraction of sp³-hybridized carbons (Fsp3) is 0.158. The minimum Gasteiger partial charge on any atom is -0.439 e. The molecule has 1 atom stereocenters. The largest absolute Gasteiger partial charge is 0.439 e. The van der Waals surface area contributed by atoms with Gasteiger partial charge in [-0.1, -0.05) is 59.6 Å². The van der Waals surface area contributed by atoms with E-state index in [4.69, 9.17) is 27.6 Å². The lowest BCUT2D eigenvalue weighted by Gasteiger charge is -2.14. The third-order valence-corrected chi connectivity index (χ3v) is 4.35. The monoisotopic (exact) mass is 405 g/mol. The summed E-state index contributed by atoms with van der Waals surface area (Å²) in [5.74, 6) is 1.01. The summed E-state index contributed by atoms with van der Waals surface area (Å²) in [5, 5.41) is 16.2. The molecule has 0 aliphatic rings. The van der Waals surface area contributed by atoms with Crippen LogP contribution in [0.15, 0.2) is 59.1 Å². The number of oxazole rings is 1. The summed E-state index contributed by atoms with van der Waals surface area (Å²) in [5.41, 5.74) is 1.39. The number of nitrogens with one attached hydrogen (secondary N) is 2. The molecule has 6 nitrogen and oxygen atoms in total. The van der Waals surface area contributed by atoms with Crippen LogP contribution in [0.25, 0.3) is 11.3 Å². The van der Waals surface area contributed by atoms with Gasteiger partial charge in [-0.15, -0.1) is 0 Å². The van der Waals surface area contributed by atoms with Crippen molar-refractivity contribution in [2.45, 2.75) is 12.6 Å². The van der Waals surface area contributed by atoms with E-state index in [2.05, 4.69) is 15.6 Å². The highest BCUT2D eigenvalue weighted by Crippen LogP contribution is 2.26. The summed E-state index contributed by atoms with van der Waals surface area (Å²) in [4.78, 5) is 16.0. The van der Waals surface area contributed by atoms with E-state index in [-0.39, 0.29) is 13.1 Å². The Morgan fingerprint density at radius 2 is 1.93 bits per heavy atom. The summed E-state index contributed by atoms with van der Waals surface area (Å²) >= 11 is 11.9. The highest BCUT2D eigenvalue weighted by atomic mass is 35.5. The highest BCUT2D eigenvalue weighted by Gasteiger charge is 2.14. The zero-order valence-electron chi connectivity index (χ0n) is 14.2. The van der Waals surface area contributed by atoms with E-state index in [1.54, 1.807) is 18.3 Å². The van der Waals surface area contributed by atoms with Crippen LogP contribution in [0.2, 0.25) is 10.0 Å². The summed E-state index contributed by atoms with van der Waals surface area (Å²) < 4.78 is 5.61. The average molecular weight is 406 g/mol. The number of nitrogens with zero attached hydrogens (tertiary/aromatic N) is 1. The van der Waals surface area contributed by atoms with Crippen LogP contribution in [0.5, 0.6) is 0 Å². The quantitative estimate of drug-likeness (QED) is 0.573. The summed E-state index contributed by atoms with van der Waals surface area (Å²) in [6.07, 6.45) is 0.656. The number of aromatic nitrogens is 1. The van der Waals surface area contributed by atoms with Crippen molar-refractivity contribution in [1.29, 1.82) is 0 Å². The van der Waals surface area contributed by atoms with Gasteiger partial charge in [0.25, 0.3) is 0 Å². The first-order valence-electron chi connectivity index (χ1n) is 8.18. The van der Waals surface area contributed by atoms with Crippen molar-refractivity contribution < 1.29 is 14.3 Å². The fourth-order valence-electron chi connectivity index (χ4n) is 2.42. The van der Waals surface area contributed by atoms with Crippen molar-refractivity contribution >= 4 is 29.2 Å². The Labute approximate surface area is 166 Å². The van der Waals surface area contributed by atoms with Gasteiger partial charge in [-0.25, -0.2) is 9.78 Å². The summed E-state index contributed by atoms with van der Waals surface area (Å²) in [6, 6.07) is 13.9. The van der Waals surface area contributed by atoms with Crippen molar-refractivity contribution in [2.75, 3.05) is 6.54 Å². The van der Waals surface area contributed by atoms with Gasteiger partial charge in [0, 0.05) is 27.7 Å². The number of amides is 2. The molecule has 1 unspecified atom stereocenters. The molecule has 0 bridgehead atoms. The molecule has 0 saturated heterocycles. The zero-order valence-corrected chi connectivity index (χ0v) is 15.7. The first-order chi connectivity index (χ1) is 13.0. The van der Waals surface area contributed by atoms with E-state index in [1.165, 1.54) is 6.07 Å². The van der Waals surface area contributed by atoms with Crippen molar-refractivity contribution in [2.24, 2.45) is 0 Å². The van der Waals surface area contributed by atoms with Crippen LogP contribution in [-0.2, 0) is 6.54 Å². The molecule has 1 heterocycles. The zero-order chi connectivity index (χ0) is 19.2. The van der Waals surface area contributed by atoms with Crippen molar-refractivity contribution in [3.05, 3.63) is 76.2 Å². The average Bonchev–Trinajstić information content (AvgIpc) is 3.14. The molecule has 140 valence electrons. The molecule has 0 spiro atoms. The minimum atomic E-state index is -0.952. The van der Waals surface area contributed by atoms with Gasteiger partial charge in [0.1, 0.15) is 0 Å². The van der Waals surface area contributed by atoms with Crippen LogP contribution >= 0.6 is 23.2 Å². The van der Waals surface area contributed by atoms with Gasteiger partial charge in [0.2, 0.25) is 5.89 Å². The third kappa shape index (κ3) is 5.23. The second kappa shape index (κ2) is 8.90. The van der Waals surface area contributed by atoms with E-state index < -0.39 is 12.1 Å². The summed E-state index contributed by atoms with van der Waals surface area (Å²) in [6.45, 7) is 0.116. The molecular formula is C19H17Cl2N3O3. The molecule has 2 aromatic carbocycles. The van der Waals surface area contributed by atoms with Gasteiger partial charge in [-0.3, -0.25) is 0 Å². The van der Waals surface area contributed by atoms with Crippen LogP contribution in [0.3, 0.4) is 0 Å². The van der Waals surface area contributed by atoms with E-state index in [1.807, 2.05) is 30.3 Å². The molecule has 2 amide bonds. The van der Waals surface area contributed by atoms with Crippen LogP contribution in [0.4, 0.5) is 4.79 Å². The van der Waals surface area contributed by atoms with E-state index in [0.717, 1.165) is 5.56 Å². The smallest absolute Gasteiger partial charge is 0.315 e. The lowest BCUT2D eigenvalue weighted by Crippen LogP contribution is -2.37. The molecule has 3 aromatic rings. The number of hydrogen-bond donors (Lipinski definition) is 3. The Bertz CT molecular complexity index is 916. The Kier molecular flexibility index (Phi) is 6.34. The van der Waals surface area contributed by atoms with Gasteiger partial charge >= 0.3 is 6.03 Å². The van der Waals surface area contributed by atoms with Crippen LogP contribution in [0, 0.1) is 0 Å². The third-order valence-electron chi connectivity index (χ3n) is 3.79. The van der Waals surface area contributed by atoms with Gasteiger partial charge in [0.05, 0.1) is 18.8 Å². The molecule has 3 rings (SSSR count). The molecule has 8 heteroatoms. The van der Waals surface area contributed by atoms with Crippen molar-refractivity contribution in [1.82, 2.24) is 15.6 Å². The number of halogens is 2. The lowest BCUT2D eigenvalue weighted by molar-refractivity contribution is 0.173. The van der Waals surface area contributed by atoms with Gasteiger partial charge in [-0.2, -0.15) is 0 Å². The number of benzene rings is 2. The van der Waals surface area contributed by atoms with E-state index in [0.29, 0.717) is 27.3 Å². The number of aliphatic hydroxyl groups is 1. The number of carbonyl (C=O) groups is 1. The number of urea groups is 1. The molecule has 0 aliphatic heterocycles. The number of rotatable bonds is 6. The van der Waals surface area contributed by atoms with Gasteiger partial charge < -0.3 is 20.2 Å². The lowest BCUT2D eigenvalue weighted by atomic mass is 10.1. The number of aliphatic hydroxyl groups excluding tert-OH is 1. The molecule has 27 heavy (non-hydrogen) atoms. The number of carbonyl (C=O) groups excluding carboxylic acids is 1. The predicted molar refractivity (Wildman–Crippen MR) is 104 cm³/mol. The molecular weight excluding hydrogens is 389 g/mol. The topological polar surface area (TPSA) is 87.4 Å². The maximum atomic E-state index is 11.9. The second-order valence-electron chi connectivity index (χ2n) is 5.73. The van der Waals surface area contributed by atoms with Crippen molar-refractivity contribution in [3.63, 3.8) is 0 Å². The first-order valence-corrected chi connectivity index (χ1v) is 8.93. The van der Waals surface area contributed by atoms with Crippen LogP contribution in [0.1, 0.15) is 17.6 Å². The Hall–Kier alpha value is -2.54. The SMILES string of the molecule is O=C(NCc1ncc(-c2ccccc2)o1)NCC(O)c1ccc(Cl)cc1Cl. The van der Waals surface area contributed by atoms with E-state index in [9.17, 15) is 9.90 Å². The van der Waals surface area contributed by atoms with Crippen LogP contribution in [-0.4, -0.2) is 22.7 Å². The standard InChI is InChI=1S/C19H17Cl2N3O3/c20-13-6-7-14(15(21)8-13)16(25)9-23-19(26)24-11-18-22-10-17(27-18)12-4-2-1-3-5-12/h1-8,10,16,25H,9,11H2,(H2,23,24,26). The number of hydrogen-bond acceptors (Lipinski definition) is 4. The van der Waals surface area contributed by atoms with Crippen molar-refractivity contribution in [3.8, 4) is 11.3 Å². The summed E-state index contributed by atoms with van der Waals surface area (Å²) in [7, 11) is 0. The van der Waals surface area contributed by atoms with Crippen LogP contribution < -0.4 is 10.6 Å². The van der Waals surface area contributed by atoms with Gasteiger partial charge in [0.15, 0.2) is 5.76 Å².